The second-order valence-electron chi connectivity index (χ2n) is 8.07. The summed E-state index contributed by atoms with van der Waals surface area (Å²) in [4.78, 5) is 28.8. The van der Waals surface area contributed by atoms with E-state index in [1.807, 2.05) is 34.9 Å². The second-order valence-corrected chi connectivity index (χ2v) is 10.0. The van der Waals surface area contributed by atoms with E-state index in [1.165, 1.54) is 28.9 Å². The van der Waals surface area contributed by atoms with Gasteiger partial charge in [0.15, 0.2) is 5.78 Å². The number of Topliss-reactive ketones (excluding diaryl/α,β-unsaturated/α-hetero) is 1. The third-order valence-corrected chi connectivity index (χ3v) is 8.10. The number of carbonyl (C=O) groups is 2. The number of nitrogens with zero attached hydrogens (tertiary/aromatic N) is 3. The van der Waals surface area contributed by atoms with Gasteiger partial charge >= 0.3 is 0 Å². The van der Waals surface area contributed by atoms with E-state index >= 15 is 0 Å². The molecule has 0 saturated carbocycles. The molecule has 1 atom stereocenters. The van der Waals surface area contributed by atoms with Crippen LogP contribution in [0.4, 0.5) is 5.69 Å². The van der Waals surface area contributed by atoms with E-state index in [0.717, 1.165) is 12.1 Å². The van der Waals surface area contributed by atoms with E-state index in [-0.39, 0.29) is 22.6 Å². The van der Waals surface area contributed by atoms with Crippen LogP contribution >= 0.6 is 0 Å². The highest BCUT2D eigenvalue weighted by Crippen LogP contribution is 2.29. The standard InChI is InChI=1S/C23H27N3O4S/c1-17(23(28)26-11-10-19-6-3-4-9-22(19)26)24-12-14-25(15-13-24)31(29,30)21-8-5-7-20(16-21)18(2)27/h3-9,16-17H,10-15H2,1-2H3. The molecule has 7 nitrogen and oxygen atoms in total. The fraction of sp³-hybridized carbons (Fsp3) is 0.391. The van der Waals surface area contributed by atoms with E-state index in [4.69, 9.17) is 0 Å². The molecule has 2 aromatic carbocycles. The summed E-state index contributed by atoms with van der Waals surface area (Å²) in [5.41, 5.74) is 2.54. The molecule has 0 spiro atoms. The Morgan fingerprint density at radius 1 is 0.935 bits per heavy atom. The van der Waals surface area contributed by atoms with Crippen molar-refractivity contribution in [1.29, 1.82) is 0 Å². The van der Waals surface area contributed by atoms with Gasteiger partial charge in [0.25, 0.3) is 0 Å². The molecule has 2 aliphatic heterocycles. The van der Waals surface area contributed by atoms with Gasteiger partial charge in [-0.25, -0.2) is 8.42 Å². The van der Waals surface area contributed by atoms with Gasteiger partial charge in [0.05, 0.1) is 10.9 Å². The quantitative estimate of drug-likeness (QED) is 0.665. The number of fused-ring (bicyclic) bond motifs is 1. The van der Waals surface area contributed by atoms with Crippen molar-refractivity contribution < 1.29 is 18.0 Å². The number of anilines is 1. The molecule has 0 bridgehead atoms. The van der Waals surface area contributed by atoms with Crippen LogP contribution in [0.15, 0.2) is 53.4 Å². The highest BCUT2D eigenvalue weighted by atomic mass is 32.2. The van der Waals surface area contributed by atoms with Crippen molar-refractivity contribution in [2.45, 2.75) is 31.2 Å². The van der Waals surface area contributed by atoms with Gasteiger partial charge in [-0.15, -0.1) is 0 Å². The Hall–Kier alpha value is -2.55. The number of piperazine rings is 1. The molecule has 0 aromatic heterocycles. The van der Waals surface area contributed by atoms with E-state index in [9.17, 15) is 18.0 Å². The van der Waals surface area contributed by atoms with Crippen LogP contribution in [0.2, 0.25) is 0 Å². The molecule has 1 fully saturated rings. The normalized spacial score (nSPS) is 18.6. The smallest absolute Gasteiger partial charge is 0.244 e. The first-order chi connectivity index (χ1) is 14.8. The lowest BCUT2D eigenvalue weighted by Gasteiger charge is -2.38. The van der Waals surface area contributed by atoms with Crippen LogP contribution in [0, 0.1) is 0 Å². The molecule has 8 heteroatoms. The Balaban J connectivity index is 1.42. The average molecular weight is 442 g/mol. The predicted molar refractivity (Wildman–Crippen MR) is 119 cm³/mol. The molecule has 0 radical (unpaired) electrons. The minimum Gasteiger partial charge on any atom is -0.310 e. The number of rotatable bonds is 5. The SMILES string of the molecule is CC(=O)c1cccc(S(=O)(=O)N2CCN(C(C)C(=O)N3CCc4ccccc43)CC2)c1. The number of sulfonamides is 1. The molecule has 2 aliphatic rings. The van der Waals surface area contributed by atoms with Crippen molar-refractivity contribution in [2.24, 2.45) is 0 Å². The average Bonchev–Trinajstić information content (AvgIpc) is 3.22. The van der Waals surface area contributed by atoms with E-state index in [0.29, 0.717) is 38.3 Å². The molecular formula is C23H27N3O4S. The van der Waals surface area contributed by atoms with Crippen LogP contribution in [-0.2, 0) is 21.2 Å². The number of amides is 1. The number of carbonyl (C=O) groups excluding carboxylic acids is 2. The van der Waals surface area contributed by atoms with Gasteiger partial charge in [0, 0.05) is 44.0 Å². The molecule has 2 aromatic rings. The lowest BCUT2D eigenvalue weighted by Crippen LogP contribution is -2.55. The van der Waals surface area contributed by atoms with E-state index in [2.05, 4.69) is 6.07 Å². The van der Waals surface area contributed by atoms with Gasteiger partial charge in [0.2, 0.25) is 15.9 Å². The van der Waals surface area contributed by atoms with Crippen LogP contribution in [0.1, 0.15) is 29.8 Å². The van der Waals surface area contributed by atoms with Crippen molar-refractivity contribution in [1.82, 2.24) is 9.21 Å². The third-order valence-electron chi connectivity index (χ3n) is 6.21. The van der Waals surface area contributed by atoms with Gasteiger partial charge in [-0.1, -0.05) is 30.3 Å². The van der Waals surface area contributed by atoms with Crippen LogP contribution in [0.5, 0.6) is 0 Å². The van der Waals surface area contributed by atoms with Crippen molar-refractivity contribution in [3.8, 4) is 0 Å². The molecule has 31 heavy (non-hydrogen) atoms. The van der Waals surface area contributed by atoms with Crippen LogP contribution in [-0.4, -0.2) is 68.1 Å². The van der Waals surface area contributed by atoms with E-state index < -0.39 is 10.0 Å². The Kier molecular flexibility index (Phi) is 5.96. The largest absolute Gasteiger partial charge is 0.310 e. The Morgan fingerprint density at radius 2 is 1.65 bits per heavy atom. The molecule has 1 unspecified atom stereocenters. The maximum Gasteiger partial charge on any atom is 0.244 e. The Labute approximate surface area is 183 Å². The summed E-state index contributed by atoms with van der Waals surface area (Å²) >= 11 is 0. The summed E-state index contributed by atoms with van der Waals surface area (Å²) in [6, 6.07) is 13.8. The van der Waals surface area contributed by atoms with Gasteiger partial charge in [0.1, 0.15) is 0 Å². The van der Waals surface area contributed by atoms with Gasteiger partial charge < -0.3 is 4.90 Å². The maximum absolute atomic E-state index is 13.1. The van der Waals surface area contributed by atoms with Gasteiger partial charge in [-0.2, -0.15) is 4.31 Å². The highest BCUT2D eigenvalue weighted by Gasteiger charge is 2.35. The minimum atomic E-state index is -3.68. The molecule has 0 aliphatic carbocycles. The topological polar surface area (TPSA) is 78.0 Å². The maximum atomic E-state index is 13.1. The Bertz CT molecular complexity index is 1110. The van der Waals surface area contributed by atoms with Crippen molar-refractivity contribution in [3.63, 3.8) is 0 Å². The number of benzene rings is 2. The number of para-hydroxylation sites is 1. The number of hydrogen-bond donors (Lipinski definition) is 0. The molecule has 1 amide bonds. The predicted octanol–water partition coefficient (Wildman–Crippen LogP) is 2.17. The van der Waals surface area contributed by atoms with Crippen LogP contribution < -0.4 is 4.90 Å². The Morgan fingerprint density at radius 3 is 2.35 bits per heavy atom. The monoisotopic (exact) mass is 441 g/mol. The summed E-state index contributed by atoms with van der Waals surface area (Å²) in [7, 11) is -3.68. The third kappa shape index (κ3) is 4.15. The first kappa shape index (κ1) is 21.7. The molecule has 4 rings (SSSR count). The van der Waals surface area contributed by atoms with Crippen molar-refractivity contribution in [2.75, 3.05) is 37.6 Å². The van der Waals surface area contributed by atoms with E-state index in [1.54, 1.807) is 12.1 Å². The first-order valence-electron chi connectivity index (χ1n) is 10.5. The summed E-state index contributed by atoms with van der Waals surface area (Å²) in [5.74, 6) is -0.117. The number of hydrogen-bond acceptors (Lipinski definition) is 5. The summed E-state index contributed by atoms with van der Waals surface area (Å²) in [5, 5.41) is 0. The highest BCUT2D eigenvalue weighted by molar-refractivity contribution is 7.89. The summed E-state index contributed by atoms with van der Waals surface area (Å²) < 4.78 is 27.5. The van der Waals surface area contributed by atoms with Crippen molar-refractivity contribution in [3.05, 3.63) is 59.7 Å². The second kappa shape index (κ2) is 8.53. The zero-order valence-electron chi connectivity index (χ0n) is 17.8. The van der Waals surface area contributed by atoms with Crippen molar-refractivity contribution >= 4 is 27.4 Å². The minimum absolute atomic E-state index is 0.0513. The summed E-state index contributed by atoms with van der Waals surface area (Å²) in [6.45, 7) is 5.57. The number of ketones is 1. The molecule has 1 saturated heterocycles. The molecular weight excluding hydrogens is 414 g/mol. The van der Waals surface area contributed by atoms with Crippen LogP contribution in [0.3, 0.4) is 0 Å². The fourth-order valence-electron chi connectivity index (χ4n) is 4.30. The van der Waals surface area contributed by atoms with Gasteiger partial charge in [-0.05, 0) is 44.0 Å². The lowest BCUT2D eigenvalue weighted by molar-refractivity contribution is -0.123. The molecule has 2 heterocycles. The molecule has 0 N–H and O–H groups in total. The zero-order chi connectivity index (χ0) is 22.2. The first-order valence-corrected chi connectivity index (χ1v) is 12.0. The zero-order valence-corrected chi connectivity index (χ0v) is 18.6. The van der Waals surface area contributed by atoms with Gasteiger partial charge in [-0.3, -0.25) is 14.5 Å². The summed E-state index contributed by atoms with van der Waals surface area (Å²) in [6.07, 6.45) is 0.861. The lowest BCUT2D eigenvalue weighted by atomic mass is 10.1. The molecule has 164 valence electrons. The fourth-order valence-corrected chi connectivity index (χ4v) is 5.77. The van der Waals surface area contributed by atoms with Crippen LogP contribution in [0.25, 0.3) is 0 Å².